The lowest BCUT2D eigenvalue weighted by Crippen LogP contribution is -2.20. The highest BCUT2D eigenvalue weighted by Crippen LogP contribution is 2.14. The van der Waals surface area contributed by atoms with E-state index in [1.54, 1.807) is 0 Å². The standard InChI is InChI=1S/C11H16F4N4O/c1-2-3-17-10-18-6-8(12)9(19-10)16-4-5-20-7-11(13,14)15/h6H,2-5,7H2,1H3,(H2,16,17,18,19). The fraction of sp³-hybridized carbons (Fsp3) is 0.636. The Labute approximate surface area is 113 Å². The van der Waals surface area contributed by atoms with E-state index in [9.17, 15) is 17.6 Å². The van der Waals surface area contributed by atoms with Crippen molar-refractivity contribution in [3.8, 4) is 0 Å². The van der Waals surface area contributed by atoms with Crippen LogP contribution in [0, 0.1) is 5.82 Å². The molecule has 0 aliphatic heterocycles. The summed E-state index contributed by atoms with van der Waals surface area (Å²) in [5.41, 5.74) is 0. The second kappa shape index (κ2) is 7.83. The summed E-state index contributed by atoms with van der Waals surface area (Å²) in [6.45, 7) is 1.07. The van der Waals surface area contributed by atoms with E-state index in [1.165, 1.54) is 0 Å². The number of aromatic nitrogens is 2. The molecular formula is C11H16F4N4O. The van der Waals surface area contributed by atoms with Crippen LogP contribution in [-0.2, 0) is 4.74 Å². The molecule has 9 heteroatoms. The minimum absolute atomic E-state index is 0.0111. The van der Waals surface area contributed by atoms with E-state index >= 15 is 0 Å². The molecule has 0 atom stereocenters. The molecule has 0 bridgehead atoms. The van der Waals surface area contributed by atoms with Crippen LogP contribution in [0.2, 0.25) is 0 Å². The molecule has 0 fully saturated rings. The maximum atomic E-state index is 13.4. The number of alkyl halides is 3. The van der Waals surface area contributed by atoms with Gasteiger partial charge in [-0.3, -0.25) is 0 Å². The van der Waals surface area contributed by atoms with Crippen molar-refractivity contribution in [3.63, 3.8) is 0 Å². The number of anilines is 2. The van der Waals surface area contributed by atoms with Gasteiger partial charge in [0.2, 0.25) is 5.95 Å². The Hall–Kier alpha value is -1.64. The second-order valence-electron chi connectivity index (χ2n) is 3.91. The Morgan fingerprint density at radius 2 is 2.00 bits per heavy atom. The molecule has 0 aliphatic carbocycles. The number of nitrogens with one attached hydrogen (secondary N) is 2. The van der Waals surface area contributed by atoms with Crippen LogP contribution >= 0.6 is 0 Å². The summed E-state index contributed by atoms with van der Waals surface area (Å²) >= 11 is 0. The largest absolute Gasteiger partial charge is 0.411 e. The summed E-state index contributed by atoms with van der Waals surface area (Å²) in [5, 5.41) is 5.43. The van der Waals surface area contributed by atoms with Crippen molar-refractivity contribution in [2.45, 2.75) is 19.5 Å². The van der Waals surface area contributed by atoms with Crippen molar-refractivity contribution in [1.82, 2.24) is 9.97 Å². The fourth-order valence-electron chi connectivity index (χ4n) is 1.24. The highest BCUT2D eigenvalue weighted by atomic mass is 19.4. The summed E-state index contributed by atoms with van der Waals surface area (Å²) in [7, 11) is 0. The Kier molecular flexibility index (Phi) is 6.43. The van der Waals surface area contributed by atoms with Crippen LogP contribution in [-0.4, -0.2) is 42.4 Å². The maximum absolute atomic E-state index is 13.4. The summed E-state index contributed by atoms with van der Waals surface area (Å²) < 4.78 is 53.2. The average molecular weight is 296 g/mol. The molecule has 0 saturated heterocycles. The average Bonchev–Trinajstić information content (AvgIpc) is 2.37. The van der Waals surface area contributed by atoms with E-state index in [4.69, 9.17) is 0 Å². The molecule has 2 N–H and O–H groups in total. The highest BCUT2D eigenvalue weighted by Gasteiger charge is 2.27. The maximum Gasteiger partial charge on any atom is 0.411 e. The first-order chi connectivity index (χ1) is 9.42. The van der Waals surface area contributed by atoms with Crippen LogP contribution < -0.4 is 10.6 Å². The van der Waals surface area contributed by atoms with Gasteiger partial charge < -0.3 is 15.4 Å². The molecule has 0 unspecified atom stereocenters. The molecule has 0 radical (unpaired) electrons. The van der Waals surface area contributed by atoms with Gasteiger partial charge in [-0.25, -0.2) is 9.37 Å². The van der Waals surface area contributed by atoms with Crippen molar-refractivity contribution < 1.29 is 22.3 Å². The van der Waals surface area contributed by atoms with Gasteiger partial charge in [-0.1, -0.05) is 6.92 Å². The van der Waals surface area contributed by atoms with Gasteiger partial charge in [-0.2, -0.15) is 18.2 Å². The minimum atomic E-state index is -4.36. The van der Waals surface area contributed by atoms with Crippen molar-refractivity contribution >= 4 is 11.8 Å². The van der Waals surface area contributed by atoms with Crippen LogP contribution in [0.15, 0.2) is 6.20 Å². The van der Waals surface area contributed by atoms with Crippen LogP contribution in [0.25, 0.3) is 0 Å². The predicted molar refractivity (Wildman–Crippen MR) is 66.1 cm³/mol. The number of nitrogens with zero attached hydrogens (tertiary/aromatic N) is 2. The van der Waals surface area contributed by atoms with Crippen LogP contribution in [0.4, 0.5) is 29.3 Å². The van der Waals surface area contributed by atoms with Gasteiger partial charge in [0, 0.05) is 13.1 Å². The van der Waals surface area contributed by atoms with Gasteiger partial charge in [0.25, 0.3) is 0 Å². The van der Waals surface area contributed by atoms with Crippen molar-refractivity contribution in [3.05, 3.63) is 12.0 Å². The highest BCUT2D eigenvalue weighted by molar-refractivity contribution is 5.40. The van der Waals surface area contributed by atoms with Crippen molar-refractivity contribution in [2.75, 3.05) is 36.9 Å². The molecule has 0 spiro atoms. The Balaban J connectivity index is 2.38. The molecule has 114 valence electrons. The first-order valence-corrected chi connectivity index (χ1v) is 6.07. The molecule has 1 aromatic heterocycles. The van der Waals surface area contributed by atoms with E-state index in [0.29, 0.717) is 6.54 Å². The second-order valence-corrected chi connectivity index (χ2v) is 3.91. The Morgan fingerprint density at radius 1 is 1.25 bits per heavy atom. The minimum Gasteiger partial charge on any atom is -0.370 e. The smallest absolute Gasteiger partial charge is 0.370 e. The van der Waals surface area contributed by atoms with Crippen LogP contribution in [0.1, 0.15) is 13.3 Å². The lowest BCUT2D eigenvalue weighted by atomic mass is 10.5. The van der Waals surface area contributed by atoms with E-state index < -0.39 is 18.6 Å². The molecule has 1 aromatic rings. The van der Waals surface area contributed by atoms with Gasteiger partial charge in [0.15, 0.2) is 11.6 Å². The summed E-state index contributed by atoms with van der Waals surface area (Å²) in [6.07, 6.45) is -2.52. The number of hydrogen-bond acceptors (Lipinski definition) is 5. The molecule has 1 rings (SSSR count). The zero-order valence-electron chi connectivity index (χ0n) is 10.9. The summed E-state index contributed by atoms with van der Waals surface area (Å²) in [4.78, 5) is 7.61. The summed E-state index contributed by atoms with van der Waals surface area (Å²) in [6, 6.07) is 0. The van der Waals surface area contributed by atoms with Crippen LogP contribution in [0.3, 0.4) is 0 Å². The number of halogens is 4. The van der Waals surface area contributed by atoms with Gasteiger partial charge in [-0.05, 0) is 6.42 Å². The number of ether oxygens (including phenoxy) is 1. The molecular weight excluding hydrogens is 280 g/mol. The zero-order valence-corrected chi connectivity index (χ0v) is 10.9. The molecule has 0 aromatic carbocycles. The monoisotopic (exact) mass is 296 g/mol. The third kappa shape index (κ3) is 6.50. The Morgan fingerprint density at radius 3 is 2.65 bits per heavy atom. The van der Waals surface area contributed by atoms with E-state index in [-0.39, 0.29) is 24.9 Å². The topological polar surface area (TPSA) is 59.1 Å². The van der Waals surface area contributed by atoms with Crippen molar-refractivity contribution in [2.24, 2.45) is 0 Å². The van der Waals surface area contributed by atoms with Gasteiger partial charge >= 0.3 is 6.18 Å². The molecule has 20 heavy (non-hydrogen) atoms. The SMILES string of the molecule is CCCNc1ncc(F)c(NCCOCC(F)(F)F)n1. The quantitative estimate of drug-likeness (QED) is 0.570. The first kappa shape index (κ1) is 16.4. The lowest BCUT2D eigenvalue weighted by Gasteiger charge is -2.10. The molecule has 0 amide bonds. The van der Waals surface area contributed by atoms with E-state index in [0.717, 1.165) is 12.6 Å². The zero-order chi connectivity index (χ0) is 15.0. The van der Waals surface area contributed by atoms with Crippen LogP contribution in [0.5, 0.6) is 0 Å². The molecule has 5 nitrogen and oxygen atoms in total. The lowest BCUT2D eigenvalue weighted by molar-refractivity contribution is -0.172. The summed E-state index contributed by atoms with van der Waals surface area (Å²) in [5.74, 6) is -0.496. The molecule has 1 heterocycles. The van der Waals surface area contributed by atoms with Gasteiger partial charge in [0.05, 0.1) is 12.8 Å². The van der Waals surface area contributed by atoms with E-state index in [1.807, 2.05) is 6.92 Å². The molecule has 0 aliphatic rings. The van der Waals surface area contributed by atoms with E-state index in [2.05, 4.69) is 25.3 Å². The Bertz CT molecular complexity index is 414. The first-order valence-electron chi connectivity index (χ1n) is 6.07. The molecule has 0 saturated carbocycles. The third-order valence-corrected chi connectivity index (χ3v) is 2.08. The van der Waals surface area contributed by atoms with Gasteiger partial charge in [-0.15, -0.1) is 0 Å². The van der Waals surface area contributed by atoms with Crippen molar-refractivity contribution in [1.29, 1.82) is 0 Å². The third-order valence-electron chi connectivity index (χ3n) is 2.08. The predicted octanol–water partition coefficient (Wildman–Crippen LogP) is 2.43. The normalized spacial score (nSPS) is 11.4. The number of hydrogen-bond donors (Lipinski definition) is 2. The fourth-order valence-corrected chi connectivity index (χ4v) is 1.24. The van der Waals surface area contributed by atoms with Gasteiger partial charge in [0.1, 0.15) is 6.61 Å². The number of rotatable bonds is 8.